The van der Waals surface area contributed by atoms with Crippen LogP contribution in [0.15, 0.2) is 82.1 Å². The molecule has 8 heteroatoms. The molecule has 4 rings (SSSR count). The standard InChI is InChI=1S/C21H14ClFN2O3S/c22-16-12-14(10-11-17(16)23)19-20(15-8-4-5-9-18(15)29(24,26)27)28-21(25-19)13-6-2-1-3-7-13/h1-12H,(H2,24,26,27). The number of nitrogens with zero attached hydrogens (tertiary/aromatic N) is 1. The molecule has 4 aromatic rings. The third-order valence-electron chi connectivity index (χ3n) is 4.28. The fraction of sp³-hybridized carbons (Fsp3) is 0. The molecule has 0 atom stereocenters. The Hall–Kier alpha value is -3.00. The zero-order valence-corrected chi connectivity index (χ0v) is 16.4. The first-order valence-corrected chi connectivity index (χ1v) is 10.4. The number of halogens is 2. The van der Waals surface area contributed by atoms with Crippen molar-refractivity contribution >= 4 is 21.6 Å². The van der Waals surface area contributed by atoms with Crippen LogP contribution in [-0.2, 0) is 10.0 Å². The maximum absolute atomic E-state index is 13.7. The number of benzene rings is 3. The second kappa shape index (κ2) is 7.44. The molecule has 146 valence electrons. The Kier molecular flexibility index (Phi) is 4.96. The molecule has 2 N–H and O–H groups in total. The second-order valence-corrected chi connectivity index (χ2v) is 8.17. The van der Waals surface area contributed by atoms with Crippen LogP contribution in [0.1, 0.15) is 0 Å². The molecule has 0 saturated carbocycles. The number of hydrogen-bond acceptors (Lipinski definition) is 4. The van der Waals surface area contributed by atoms with Gasteiger partial charge in [-0.25, -0.2) is 22.9 Å². The van der Waals surface area contributed by atoms with Crippen molar-refractivity contribution in [1.29, 1.82) is 0 Å². The molecule has 3 aromatic carbocycles. The van der Waals surface area contributed by atoms with Gasteiger partial charge < -0.3 is 4.42 Å². The van der Waals surface area contributed by atoms with Crippen molar-refractivity contribution in [2.24, 2.45) is 5.14 Å². The highest BCUT2D eigenvalue weighted by Gasteiger charge is 2.24. The number of hydrogen-bond donors (Lipinski definition) is 1. The SMILES string of the molecule is NS(=O)(=O)c1ccccc1-c1oc(-c2ccccc2)nc1-c1ccc(F)c(Cl)c1. The van der Waals surface area contributed by atoms with Crippen molar-refractivity contribution in [3.8, 4) is 34.0 Å². The predicted octanol–water partition coefficient (Wildman–Crippen LogP) is 5.12. The molecule has 1 aromatic heterocycles. The Bertz CT molecular complexity index is 1300. The first-order valence-electron chi connectivity index (χ1n) is 8.48. The number of rotatable bonds is 4. The van der Waals surface area contributed by atoms with E-state index in [1.165, 1.54) is 24.3 Å². The van der Waals surface area contributed by atoms with Crippen LogP contribution in [0.2, 0.25) is 5.02 Å². The van der Waals surface area contributed by atoms with E-state index in [-0.39, 0.29) is 27.1 Å². The summed E-state index contributed by atoms with van der Waals surface area (Å²) < 4.78 is 43.8. The summed E-state index contributed by atoms with van der Waals surface area (Å²) in [5.41, 5.74) is 1.74. The number of primary sulfonamides is 1. The van der Waals surface area contributed by atoms with E-state index in [2.05, 4.69) is 4.98 Å². The van der Waals surface area contributed by atoms with Crippen LogP contribution < -0.4 is 5.14 Å². The lowest BCUT2D eigenvalue weighted by Gasteiger charge is -2.07. The molecule has 29 heavy (non-hydrogen) atoms. The fourth-order valence-electron chi connectivity index (χ4n) is 2.95. The van der Waals surface area contributed by atoms with Crippen molar-refractivity contribution in [1.82, 2.24) is 4.98 Å². The smallest absolute Gasteiger partial charge is 0.238 e. The fourth-order valence-corrected chi connectivity index (χ4v) is 3.86. The number of sulfonamides is 1. The van der Waals surface area contributed by atoms with Crippen molar-refractivity contribution in [3.63, 3.8) is 0 Å². The van der Waals surface area contributed by atoms with E-state index in [1.54, 1.807) is 18.2 Å². The third kappa shape index (κ3) is 3.80. The molecule has 0 fully saturated rings. The van der Waals surface area contributed by atoms with Gasteiger partial charge in [-0.1, -0.05) is 41.9 Å². The average molecular weight is 429 g/mol. The number of nitrogens with two attached hydrogens (primary N) is 1. The molecule has 0 radical (unpaired) electrons. The summed E-state index contributed by atoms with van der Waals surface area (Å²) in [5.74, 6) is -0.106. The van der Waals surface area contributed by atoms with Gasteiger partial charge in [-0.05, 0) is 42.5 Å². The molecule has 0 saturated heterocycles. The Morgan fingerprint density at radius 3 is 2.31 bits per heavy atom. The van der Waals surface area contributed by atoms with E-state index >= 15 is 0 Å². The van der Waals surface area contributed by atoms with Gasteiger partial charge in [0.1, 0.15) is 11.5 Å². The van der Waals surface area contributed by atoms with Gasteiger partial charge in [0.15, 0.2) is 5.76 Å². The molecule has 0 aliphatic carbocycles. The van der Waals surface area contributed by atoms with Crippen LogP contribution in [0.5, 0.6) is 0 Å². The molecule has 0 aliphatic heterocycles. The highest BCUT2D eigenvalue weighted by Crippen LogP contribution is 2.39. The zero-order valence-electron chi connectivity index (χ0n) is 14.8. The number of aromatic nitrogens is 1. The molecular formula is C21H14ClFN2O3S. The van der Waals surface area contributed by atoms with E-state index in [4.69, 9.17) is 21.2 Å². The topological polar surface area (TPSA) is 86.2 Å². The maximum Gasteiger partial charge on any atom is 0.238 e. The van der Waals surface area contributed by atoms with Crippen molar-refractivity contribution in [2.75, 3.05) is 0 Å². The minimum Gasteiger partial charge on any atom is -0.435 e. The highest BCUT2D eigenvalue weighted by molar-refractivity contribution is 7.89. The third-order valence-corrected chi connectivity index (χ3v) is 5.54. The van der Waals surface area contributed by atoms with Gasteiger partial charge in [-0.3, -0.25) is 0 Å². The largest absolute Gasteiger partial charge is 0.435 e. The van der Waals surface area contributed by atoms with Crippen molar-refractivity contribution in [3.05, 3.63) is 83.6 Å². The molecule has 0 spiro atoms. The van der Waals surface area contributed by atoms with Gasteiger partial charge in [-0.15, -0.1) is 0 Å². The molecule has 5 nitrogen and oxygen atoms in total. The van der Waals surface area contributed by atoms with Gasteiger partial charge in [0.2, 0.25) is 15.9 Å². The summed E-state index contributed by atoms with van der Waals surface area (Å²) in [7, 11) is -4.02. The molecule has 0 unspecified atom stereocenters. The lowest BCUT2D eigenvalue weighted by atomic mass is 10.1. The van der Waals surface area contributed by atoms with Gasteiger partial charge in [0, 0.05) is 16.7 Å². The van der Waals surface area contributed by atoms with Crippen LogP contribution >= 0.6 is 11.6 Å². The normalized spacial score (nSPS) is 11.6. The summed E-state index contributed by atoms with van der Waals surface area (Å²) in [6.07, 6.45) is 0. The maximum atomic E-state index is 13.7. The van der Waals surface area contributed by atoms with Crippen LogP contribution in [0, 0.1) is 5.82 Å². The van der Waals surface area contributed by atoms with E-state index in [1.807, 2.05) is 30.3 Å². The molecule has 0 bridgehead atoms. The van der Waals surface area contributed by atoms with Crippen LogP contribution in [0.3, 0.4) is 0 Å². The number of oxazole rings is 1. The van der Waals surface area contributed by atoms with Gasteiger partial charge >= 0.3 is 0 Å². The summed E-state index contributed by atoms with van der Waals surface area (Å²) >= 11 is 5.94. The van der Waals surface area contributed by atoms with Crippen LogP contribution in [0.4, 0.5) is 4.39 Å². The first kappa shape index (κ1) is 19.3. The predicted molar refractivity (Wildman–Crippen MR) is 109 cm³/mol. The lowest BCUT2D eigenvalue weighted by molar-refractivity contribution is 0.583. The van der Waals surface area contributed by atoms with Crippen LogP contribution in [-0.4, -0.2) is 13.4 Å². The zero-order chi connectivity index (χ0) is 20.6. The summed E-state index contributed by atoms with van der Waals surface area (Å²) in [4.78, 5) is 4.43. The van der Waals surface area contributed by atoms with E-state index < -0.39 is 15.8 Å². The van der Waals surface area contributed by atoms with Gasteiger partial charge in [0.05, 0.1) is 9.92 Å². The average Bonchev–Trinajstić information content (AvgIpc) is 3.15. The monoisotopic (exact) mass is 428 g/mol. The minimum atomic E-state index is -4.02. The minimum absolute atomic E-state index is 0.0857. The quantitative estimate of drug-likeness (QED) is 0.489. The lowest BCUT2D eigenvalue weighted by Crippen LogP contribution is -2.13. The van der Waals surface area contributed by atoms with Crippen molar-refractivity contribution < 1.29 is 17.2 Å². The summed E-state index contributed by atoms with van der Waals surface area (Å²) in [6, 6.07) is 19.4. The first-order chi connectivity index (χ1) is 13.8. The van der Waals surface area contributed by atoms with Gasteiger partial charge in [0.25, 0.3) is 0 Å². The molecular weight excluding hydrogens is 415 g/mol. The Labute approximate surface area is 171 Å². The molecule has 0 amide bonds. The Balaban J connectivity index is 2.01. The van der Waals surface area contributed by atoms with E-state index in [0.29, 0.717) is 16.8 Å². The Morgan fingerprint density at radius 2 is 1.62 bits per heavy atom. The van der Waals surface area contributed by atoms with Gasteiger partial charge in [-0.2, -0.15) is 0 Å². The highest BCUT2D eigenvalue weighted by atomic mass is 35.5. The second-order valence-electron chi connectivity index (χ2n) is 6.23. The molecule has 0 aliphatic rings. The van der Waals surface area contributed by atoms with E-state index in [0.717, 1.165) is 0 Å². The Morgan fingerprint density at radius 1 is 0.931 bits per heavy atom. The molecule has 1 heterocycles. The summed E-state index contributed by atoms with van der Waals surface area (Å²) in [5, 5.41) is 5.30. The summed E-state index contributed by atoms with van der Waals surface area (Å²) in [6.45, 7) is 0. The van der Waals surface area contributed by atoms with Crippen LogP contribution in [0.25, 0.3) is 34.0 Å². The van der Waals surface area contributed by atoms with E-state index in [9.17, 15) is 12.8 Å². The van der Waals surface area contributed by atoms with Crippen molar-refractivity contribution in [2.45, 2.75) is 4.90 Å².